The van der Waals surface area contributed by atoms with Gasteiger partial charge in [0.2, 0.25) is 5.91 Å². The van der Waals surface area contributed by atoms with Gasteiger partial charge in [-0.1, -0.05) is 80.6 Å². The van der Waals surface area contributed by atoms with Gasteiger partial charge < -0.3 is 10.2 Å². The predicted octanol–water partition coefficient (Wildman–Crippen LogP) is 5.60. The third kappa shape index (κ3) is 5.01. The third-order valence-corrected chi connectivity index (χ3v) is 6.40. The number of hydrogen-bond donors (Lipinski definition) is 1. The smallest absolute Gasteiger partial charge is 0.254 e. The van der Waals surface area contributed by atoms with Crippen LogP contribution in [0.5, 0.6) is 0 Å². The van der Waals surface area contributed by atoms with Gasteiger partial charge in [-0.2, -0.15) is 0 Å². The highest BCUT2D eigenvalue weighted by atomic mass is 16.2. The summed E-state index contributed by atoms with van der Waals surface area (Å²) in [6.45, 7) is 5.58. The topological polar surface area (TPSA) is 49.4 Å². The number of amides is 2. The number of carbonyl (C=O) groups is 2. The first-order valence-electron chi connectivity index (χ1n) is 11.7. The second-order valence-corrected chi connectivity index (χ2v) is 9.19. The molecule has 0 spiro atoms. The first-order valence-corrected chi connectivity index (χ1v) is 11.7. The number of piperidine rings is 1. The van der Waals surface area contributed by atoms with Gasteiger partial charge in [0.05, 0.1) is 6.04 Å². The van der Waals surface area contributed by atoms with Crippen molar-refractivity contribution in [1.29, 1.82) is 0 Å². The Morgan fingerprint density at radius 2 is 1.56 bits per heavy atom. The number of carbonyl (C=O) groups excluding carboxylic acids is 2. The Labute approximate surface area is 190 Å². The lowest BCUT2D eigenvalue weighted by atomic mass is 9.92. The Kier molecular flexibility index (Phi) is 6.89. The summed E-state index contributed by atoms with van der Waals surface area (Å²) in [5.41, 5.74) is 1.89. The van der Waals surface area contributed by atoms with E-state index in [9.17, 15) is 9.59 Å². The van der Waals surface area contributed by atoms with E-state index >= 15 is 0 Å². The van der Waals surface area contributed by atoms with E-state index in [-0.39, 0.29) is 23.8 Å². The highest BCUT2D eigenvalue weighted by Gasteiger charge is 2.29. The molecule has 0 radical (unpaired) electrons. The fraction of sp³-hybridized carbons (Fsp3) is 0.357. The highest BCUT2D eigenvalue weighted by Crippen LogP contribution is 2.26. The van der Waals surface area contributed by atoms with Crippen LogP contribution in [-0.2, 0) is 4.79 Å². The number of benzene rings is 3. The molecular formula is C28H32N2O2. The Morgan fingerprint density at radius 3 is 2.28 bits per heavy atom. The molecule has 1 fully saturated rings. The quantitative estimate of drug-likeness (QED) is 0.556. The van der Waals surface area contributed by atoms with Crippen LogP contribution in [0.2, 0.25) is 0 Å². The van der Waals surface area contributed by atoms with Crippen LogP contribution in [-0.4, -0.2) is 29.8 Å². The first-order chi connectivity index (χ1) is 15.5. The molecule has 0 unspecified atom stereocenters. The van der Waals surface area contributed by atoms with Crippen LogP contribution in [0.15, 0.2) is 72.8 Å². The molecule has 1 saturated heterocycles. The van der Waals surface area contributed by atoms with Gasteiger partial charge in [-0.05, 0) is 47.6 Å². The molecule has 0 saturated carbocycles. The molecule has 4 rings (SSSR count). The zero-order valence-electron chi connectivity index (χ0n) is 19.0. The minimum absolute atomic E-state index is 0.0269. The number of fused-ring (bicyclic) bond motifs is 1. The Bertz CT molecular complexity index is 1060. The largest absolute Gasteiger partial charge is 0.349 e. The van der Waals surface area contributed by atoms with Crippen LogP contribution in [0.1, 0.15) is 55.1 Å². The van der Waals surface area contributed by atoms with E-state index < -0.39 is 0 Å². The van der Waals surface area contributed by atoms with Crippen LogP contribution in [0.25, 0.3) is 10.8 Å². The van der Waals surface area contributed by atoms with Crippen LogP contribution in [0, 0.1) is 11.8 Å². The number of nitrogens with zero attached hydrogens (tertiary/aromatic N) is 1. The van der Waals surface area contributed by atoms with Gasteiger partial charge in [-0.15, -0.1) is 0 Å². The van der Waals surface area contributed by atoms with Gasteiger partial charge in [0.1, 0.15) is 0 Å². The zero-order chi connectivity index (χ0) is 22.5. The normalized spacial score (nSPS) is 15.7. The van der Waals surface area contributed by atoms with Crippen LogP contribution in [0.4, 0.5) is 0 Å². The predicted molar refractivity (Wildman–Crippen MR) is 129 cm³/mol. The molecule has 0 bridgehead atoms. The summed E-state index contributed by atoms with van der Waals surface area (Å²) < 4.78 is 0. The highest BCUT2D eigenvalue weighted by molar-refractivity contribution is 6.07. The standard InChI is InChI=1S/C28H32N2O2/c1-20(2)19-26(22-10-4-3-5-11-22)29-27(31)23-15-17-30(18-16-23)28(32)25-14-8-12-21-9-6-7-13-24(21)25/h3-14,20,23,26H,15-19H2,1-2H3,(H,29,31)/t26-/m1/s1. The average molecular weight is 429 g/mol. The van der Waals surface area contributed by atoms with Gasteiger partial charge in [-0.3, -0.25) is 9.59 Å². The summed E-state index contributed by atoms with van der Waals surface area (Å²) in [4.78, 5) is 28.2. The summed E-state index contributed by atoms with van der Waals surface area (Å²) in [6, 6.07) is 24.1. The van der Waals surface area contributed by atoms with E-state index in [1.54, 1.807) is 0 Å². The molecule has 3 aromatic rings. The van der Waals surface area contributed by atoms with Gasteiger partial charge >= 0.3 is 0 Å². The molecule has 4 heteroatoms. The third-order valence-electron chi connectivity index (χ3n) is 6.40. The summed E-state index contributed by atoms with van der Waals surface area (Å²) in [7, 11) is 0. The van der Waals surface area contributed by atoms with Crippen molar-refractivity contribution in [2.45, 2.75) is 39.2 Å². The molecule has 1 aliphatic rings. The summed E-state index contributed by atoms with van der Waals surface area (Å²) in [5, 5.41) is 5.35. The van der Waals surface area contributed by atoms with Crippen molar-refractivity contribution in [1.82, 2.24) is 10.2 Å². The fourth-order valence-corrected chi connectivity index (χ4v) is 4.65. The summed E-state index contributed by atoms with van der Waals surface area (Å²) in [6.07, 6.45) is 2.31. The fourth-order valence-electron chi connectivity index (χ4n) is 4.65. The van der Waals surface area contributed by atoms with Crippen LogP contribution in [0.3, 0.4) is 0 Å². The lowest BCUT2D eigenvalue weighted by Crippen LogP contribution is -2.43. The molecule has 1 N–H and O–H groups in total. The molecule has 4 nitrogen and oxygen atoms in total. The Hall–Kier alpha value is -3.14. The van der Waals surface area contributed by atoms with Crippen molar-refractivity contribution in [3.8, 4) is 0 Å². The van der Waals surface area contributed by atoms with Crippen molar-refractivity contribution in [3.63, 3.8) is 0 Å². The van der Waals surface area contributed by atoms with E-state index in [2.05, 4.69) is 31.3 Å². The molecule has 1 aliphatic heterocycles. The average Bonchev–Trinajstić information content (AvgIpc) is 2.83. The van der Waals surface area contributed by atoms with Gasteiger partial charge in [0, 0.05) is 24.6 Å². The first kappa shape index (κ1) is 22.1. The molecule has 32 heavy (non-hydrogen) atoms. The molecule has 3 aromatic carbocycles. The van der Waals surface area contributed by atoms with E-state index in [1.807, 2.05) is 65.6 Å². The van der Waals surface area contributed by atoms with Crippen molar-refractivity contribution in [2.75, 3.05) is 13.1 Å². The molecule has 2 amide bonds. The van der Waals surface area contributed by atoms with Crippen molar-refractivity contribution in [3.05, 3.63) is 83.9 Å². The van der Waals surface area contributed by atoms with Crippen LogP contribution >= 0.6 is 0 Å². The number of nitrogens with one attached hydrogen (secondary N) is 1. The molecule has 1 atom stereocenters. The van der Waals surface area contributed by atoms with E-state index in [0.717, 1.165) is 28.3 Å². The van der Waals surface area contributed by atoms with Crippen molar-refractivity contribution < 1.29 is 9.59 Å². The molecule has 166 valence electrons. The Morgan fingerprint density at radius 1 is 0.906 bits per heavy atom. The maximum Gasteiger partial charge on any atom is 0.254 e. The zero-order valence-corrected chi connectivity index (χ0v) is 19.0. The minimum atomic E-state index is -0.0510. The second kappa shape index (κ2) is 9.99. The van der Waals surface area contributed by atoms with Gasteiger partial charge in [0.25, 0.3) is 5.91 Å². The van der Waals surface area contributed by atoms with Crippen molar-refractivity contribution in [2.24, 2.45) is 11.8 Å². The maximum absolute atomic E-state index is 13.2. The second-order valence-electron chi connectivity index (χ2n) is 9.19. The Balaban J connectivity index is 1.39. The van der Waals surface area contributed by atoms with Crippen LogP contribution < -0.4 is 5.32 Å². The molecule has 0 aliphatic carbocycles. The maximum atomic E-state index is 13.2. The lowest BCUT2D eigenvalue weighted by Gasteiger charge is -2.33. The lowest BCUT2D eigenvalue weighted by molar-refractivity contribution is -0.127. The number of rotatable bonds is 6. The van der Waals surface area contributed by atoms with Gasteiger partial charge in [0.15, 0.2) is 0 Å². The van der Waals surface area contributed by atoms with E-state index in [1.165, 1.54) is 0 Å². The number of likely N-dealkylation sites (tertiary alicyclic amines) is 1. The summed E-state index contributed by atoms with van der Waals surface area (Å²) >= 11 is 0. The molecule has 0 aromatic heterocycles. The van der Waals surface area contributed by atoms with Crippen molar-refractivity contribution >= 4 is 22.6 Å². The van der Waals surface area contributed by atoms with E-state index in [0.29, 0.717) is 31.8 Å². The molecule has 1 heterocycles. The summed E-state index contributed by atoms with van der Waals surface area (Å²) in [5.74, 6) is 0.602. The monoisotopic (exact) mass is 428 g/mol. The number of hydrogen-bond acceptors (Lipinski definition) is 2. The minimum Gasteiger partial charge on any atom is -0.349 e. The van der Waals surface area contributed by atoms with Gasteiger partial charge in [-0.25, -0.2) is 0 Å². The SMILES string of the molecule is CC(C)C[C@@H](NC(=O)C1CCN(C(=O)c2cccc3ccccc23)CC1)c1ccccc1. The molecular weight excluding hydrogens is 396 g/mol. The van der Waals surface area contributed by atoms with E-state index in [4.69, 9.17) is 0 Å².